The Morgan fingerprint density at radius 2 is 2.38 bits per heavy atom. The summed E-state index contributed by atoms with van der Waals surface area (Å²) >= 11 is 0. The topological polar surface area (TPSA) is 32.7 Å². The van der Waals surface area contributed by atoms with Crippen molar-refractivity contribution in [3.8, 4) is 0 Å². The van der Waals surface area contributed by atoms with E-state index in [0.717, 1.165) is 13.0 Å². The normalized spacial score (nSPS) is 16.5. The van der Waals surface area contributed by atoms with Crippen molar-refractivity contribution in [2.75, 3.05) is 20.1 Å². The zero-order chi connectivity index (χ0) is 9.52. The maximum absolute atomic E-state index is 9.88. The van der Waals surface area contributed by atoms with E-state index in [4.69, 9.17) is 0 Å². The Morgan fingerprint density at radius 3 is 3.00 bits per heavy atom. The minimum atomic E-state index is 0.442. The fourth-order valence-corrected chi connectivity index (χ4v) is 1.68. The predicted molar refractivity (Wildman–Crippen MR) is 54.5 cm³/mol. The molecule has 0 atom stereocenters. The standard InChI is InChI=1S/C10H18N2O/c1-12(9-5-8-11-13)10-6-3-2-4-7-10/h6H,2-5,7-9H2,1H3. The first-order valence-corrected chi connectivity index (χ1v) is 5.04. The Balaban J connectivity index is 2.24. The van der Waals surface area contributed by atoms with Crippen LogP contribution in [0.25, 0.3) is 0 Å². The third-order valence-electron chi connectivity index (χ3n) is 2.50. The van der Waals surface area contributed by atoms with Crippen LogP contribution < -0.4 is 0 Å². The monoisotopic (exact) mass is 182 g/mol. The van der Waals surface area contributed by atoms with E-state index < -0.39 is 0 Å². The molecule has 0 fully saturated rings. The Morgan fingerprint density at radius 1 is 1.54 bits per heavy atom. The molecule has 0 aromatic rings. The first-order valence-electron chi connectivity index (χ1n) is 5.04. The van der Waals surface area contributed by atoms with Gasteiger partial charge in [0.15, 0.2) is 0 Å². The summed E-state index contributed by atoms with van der Waals surface area (Å²) in [4.78, 5) is 12.1. The van der Waals surface area contributed by atoms with E-state index in [0.29, 0.717) is 6.54 Å². The minimum absolute atomic E-state index is 0.442. The summed E-state index contributed by atoms with van der Waals surface area (Å²) in [6.45, 7) is 1.40. The molecule has 0 saturated carbocycles. The fourth-order valence-electron chi connectivity index (χ4n) is 1.68. The van der Waals surface area contributed by atoms with Gasteiger partial charge in [-0.2, -0.15) is 4.91 Å². The van der Waals surface area contributed by atoms with Crippen LogP contribution >= 0.6 is 0 Å². The average Bonchev–Trinajstić information content (AvgIpc) is 2.19. The van der Waals surface area contributed by atoms with Gasteiger partial charge in [0.25, 0.3) is 0 Å². The van der Waals surface area contributed by atoms with Crippen molar-refractivity contribution in [3.05, 3.63) is 16.7 Å². The van der Waals surface area contributed by atoms with Crippen LogP contribution in [0.15, 0.2) is 16.9 Å². The van der Waals surface area contributed by atoms with Crippen molar-refractivity contribution in [1.82, 2.24) is 4.90 Å². The van der Waals surface area contributed by atoms with Crippen LogP contribution in [0.1, 0.15) is 32.1 Å². The van der Waals surface area contributed by atoms with Crippen molar-refractivity contribution >= 4 is 0 Å². The lowest BCUT2D eigenvalue weighted by molar-refractivity contribution is 0.381. The van der Waals surface area contributed by atoms with Gasteiger partial charge in [-0.1, -0.05) is 11.3 Å². The second-order valence-electron chi connectivity index (χ2n) is 3.57. The molecule has 0 N–H and O–H groups in total. The first-order chi connectivity index (χ1) is 6.34. The number of allylic oxidation sites excluding steroid dienone is 2. The molecule has 1 aliphatic carbocycles. The second kappa shape index (κ2) is 5.73. The molecule has 0 saturated heterocycles. The summed E-state index contributed by atoms with van der Waals surface area (Å²) in [5.74, 6) is 0. The molecule has 1 rings (SSSR count). The average molecular weight is 182 g/mol. The molecule has 0 amide bonds. The van der Waals surface area contributed by atoms with Gasteiger partial charge < -0.3 is 4.90 Å². The molecular formula is C10H18N2O. The summed E-state index contributed by atoms with van der Waals surface area (Å²) in [6.07, 6.45) is 8.24. The van der Waals surface area contributed by atoms with Crippen LogP contribution in [0.5, 0.6) is 0 Å². The molecule has 0 spiro atoms. The molecule has 3 nitrogen and oxygen atoms in total. The molecule has 1 aliphatic rings. The third kappa shape index (κ3) is 3.57. The van der Waals surface area contributed by atoms with Crippen molar-refractivity contribution in [3.63, 3.8) is 0 Å². The van der Waals surface area contributed by atoms with E-state index in [1.807, 2.05) is 0 Å². The number of hydrogen-bond donors (Lipinski definition) is 0. The van der Waals surface area contributed by atoms with Gasteiger partial charge >= 0.3 is 0 Å². The smallest absolute Gasteiger partial charge is 0.0828 e. The van der Waals surface area contributed by atoms with E-state index in [-0.39, 0.29) is 0 Å². The highest BCUT2D eigenvalue weighted by Gasteiger charge is 2.07. The lowest BCUT2D eigenvalue weighted by Gasteiger charge is -2.24. The molecule has 13 heavy (non-hydrogen) atoms. The first kappa shape index (κ1) is 10.2. The van der Waals surface area contributed by atoms with E-state index in [2.05, 4.69) is 23.2 Å². The van der Waals surface area contributed by atoms with Crippen LogP contribution in [0, 0.1) is 4.91 Å². The molecule has 0 heterocycles. The number of hydrogen-bond acceptors (Lipinski definition) is 3. The van der Waals surface area contributed by atoms with E-state index in [9.17, 15) is 4.91 Å². The maximum atomic E-state index is 9.88. The second-order valence-corrected chi connectivity index (χ2v) is 3.57. The summed E-state index contributed by atoms with van der Waals surface area (Å²) in [7, 11) is 2.10. The van der Waals surface area contributed by atoms with Gasteiger partial charge in [-0.3, -0.25) is 0 Å². The number of nitrogens with zero attached hydrogens (tertiary/aromatic N) is 2. The van der Waals surface area contributed by atoms with Crippen molar-refractivity contribution in [1.29, 1.82) is 0 Å². The summed E-state index contributed by atoms with van der Waals surface area (Å²) in [5.41, 5.74) is 1.44. The minimum Gasteiger partial charge on any atom is -0.378 e. The van der Waals surface area contributed by atoms with Gasteiger partial charge in [-0.15, -0.1) is 0 Å². The quantitative estimate of drug-likeness (QED) is 0.483. The predicted octanol–water partition coefficient (Wildman–Crippen LogP) is 2.53. The lowest BCUT2D eigenvalue weighted by atomic mass is 10.0. The zero-order valence-corrected chi connectivity index (χ0v) is 8.33. The SMILES string of the molecule is CN(CCCN=O)C1=CCCCC1. The molecular weight excluding hydrogens is 164 g/mol. The zero-order valence-electron chi connectivity index (χ0n) is 8.33. The summed E-state index contributed by atoms with van der Waals surface area (Å²) < 4.78 is 0. The van der Waals surface area contributed by atoms with E-state index in [1.54, 1.807) is 0 Å². The fraction of sp³-hybridized carbons (Fsp3) is 0.800. The van der Waals surface area contributed by atoms with Crippen molar-refractivity contribution in [2.45, 2.75) is 32.1 Å². The van der Waals surface area contributed by atoms with E-state index >= 15 is 0 Å². The molecule has 0 aliphatic heterocycles. The van der Waals surface area contributed by atoms with Gasteiger partial charge in [0.2, 0.25) is 0 Å². The Bertz CT molecular complexity index is 189. The highest BCUT2D eigenvalue weighted by Crippen LogP contribution is 2.19. The Kier molecular flexibility index (Phi) is 4.50. The van der Waals surface area contributed by atoms with Gasteiger partial charge in [-0.25, -0.2) is 0 Å². The Labute approximate surface area is 79.8 Å². The van der Waals surface area contributed by atoms with Gasteiger partial charge in [0, 0.05) is 19.3 Å². The van der Waals surface area contributed by atoms with Crippen LogP contribution in [0.2, 0.25) is 0 Å². The highest BCUT2D eigenvalue weighted by atomic mass is 16.3. The molecule has 74 valence electrons. The van der Waals surface area contributed by atoms with Gasteiger partial charge in [-0.05, 0) is 32.1 Å². The molecule has 0 radical (unpaired) electrons. The van der Waals surface area contributed by atoms with Crippen LogP contribution in [-0.4, -0.2) is 25.0 Å². The van der Waals surface area contributed by atoms with Gasteiger partial charge in [0.1, 0.15) is 0 Å². The molecule has 3 heteroatoms. The van der Waals surface area contributed by atoms with Crippen LogP contribution in [-0.2, 0) is 0 Å². The number of nitroso groups, excluding NO2 is 1. The largest absolute Gasteiger partial charge is 0.378 e. The van der Waals surface area contributed by atoms with Crippen LogP contribution in [0.4, 0.5) is 0 Å². The van der Waals surface area contributed by atoms with E-state index in [1.165, 1.54) is 31.4 Å². The molecule has 0 aromatic carbocycles. The maximum Gasteiger partial charge on any atom is 0.0828 e. The highest BCUT2D eigenvalue weighted by molar-refractivity contribution is 5.03. The summed E-state index contributed by atoms with van der Waals surface area (Å²) in [5, 5.41) is 2.86. The lowest BCUT2D eigenvalue weighted by Crippen LogP contribution is -2.20. The molecule has 0 unspecified atom stereocenters. The third-order valence-corrected chi connectivity index (χ3v) is 2.50. The number of rotatable bonds is 5. The molecule has 0 bridgehead atoms. The van der Waals surface area contributed by atoms with Crippen molar-refractivity contribution < 1.29 is 0 Å². The molecule has 0 aromatic heterocycles. The van der Waals surface area contributed by atoms with Crippen molar-refractivity contribution in [2.24, 2.45) is 5.18 Å². The van der Waals surface area contributed by atoms with Gasteiger partial charge in [0.05, 0.1) is 6.54 Å². The van der Waals surface area contributed by atoms with Crippen LogP contribution in [0.3, 0.4) is 0 Å². The Hall–Kier alpha value is -0.860. The summed E-state index contributed by atoms with van der Waals surface area (Å²) in [6, 6.07) is 0.